The van der Waals surface area contributed by atoms with Crippen LogP contribution in [-0.4, -0.2) is 25.0 Å². The molecule has 164 valence electrons. The number of carbonyl (C=O) groups is 1. The molecule has 0 spiro atoms. The lowest BCUT2D eigenvalue weighted by atomic mass is 10.1. The first-order chi connectivity index (χ1) is 14.8. The van der Waals surface area contributed by atoms with Crippen molar-refractivity contribution in [1.82, 2.24) is 0 Å². The normalized spacial score (nSPS) is 11.7. The van der Waals surface area contributed by atoms with Gasteiger partial charge in [0.2, 0.25) is 0 Å². The van der Waals surface area contributed by atoms with Crippen LogP contribution in [0.5, 0.6) is 0 Å². The average Bonchev–Trinajstić information content (AvgIpc) is 2.77. The van der Waals surface area contributed by atoms with Crippen molar-refractivity contribution in [3.8, 4) is 0 Å². The van der Waals surface area contributed by atoms with E-state index in [0.29, 0.717) is 6.42 Å². The van der Waals surface area contributed by atoms with Crippen LogP contribution in [0, 0.1) is 6.92 Å². The van der Waals surface area contributed by atoms with E-state index in [2.05, 4.69) is 0 Å². The summed E-state index contributed by atoms with van der Waals surface area (Å²) in [6, 6.07) is 25.0. The van der Waals surface area contributed by atoms with Gasteiger partial charge in [0.05, 0.1) is 4.90 Å². The molecular formula is C24H27NO5S. The summed E-state index contributed by atoms with van der Waals surface area (Å²) >= 11 is 0. The van der Waals surface area contributed by atoms with E-state index in [1.807, 2.05) is 67.6 Å². The summed E-state index contributed by atoms with van der Waals surface area (Å²) in [6.45, 7) is 2.12. The van der Waals surface area contributed by atoms with E-state index in [1.165, 1.54) is 17.7 Å². The van der Waals surface area contributed by atoms with Crippen molar-refractivity contribution in [2.45, 2.75) is 37.3 Å². The molecule has 6 nitrogen and oxygen atoms in total. The Morgan fingerprint density at radius 2 is 1.42 bits per heavy atom. The number of carbonyl (C=O) groups excluding carboxylic acids is 1. The summed E-state index contributed by atoms with van der Waals surface area (Å²) in [6.07, 6.45) is 1.38. The Labute approximate surface area is 183 Å². The van der Waals surface area contributed by atoms with Gasteiger partial charge in [-0.2, -0.15) is 8.42 Å². The number of ether oxygens (including phenoxy) is 1. The number of hydrogen-bond acceptors (Lipinski definition) is 5. The van der Waals surface area contributed by atoms with Crippen LogP contribution in [-0.2, 0) is 32.7 Å². The number of esters is 1. The molecule has 0 unspecified atom stereocenters. The molecule has 3 aromatic carbocycles. The number of hydrogen-bond donors (Lipinski definition) is 2. The molecular weight excluding hydrogens is 414 g/mol. The molecule has 0 fully saturated rings. The second-order valence-electron chi connectivity index (χ2n) is 7.01. The first kappa shape index (κ1) is 24.3. The molecule has 0 bridgehead atoms. The van der Waals surface area contributed by atoms with E-state index < -0.39 is 16.2 Å². The zero-order valence-electron chi connectivity index (χ0n) is 17.3. The second-order valence-corrected chi connectivity index (χ2v) is 8.43. The first-order valence-corrected chi connectivity index (χ1v) is 11.2. The average molecular weight is 442 g/mol. The lowest BCUT2D eigenvalue weighted by molar-refractivity contribution is -0.146. The minimum atomic E-state index is -4.02. The molecule has 0 amide bonds. The highest BCUT2D eigenvalue weighted by Gasteiger charge is 2.14. The predicted octanol–water partition coefficient (Wildman–Crippen LogP) is 3.93. The topological polar surface area (TPSA) is 107 Å². The quantitative estimate of drug-likeness (QED) is 0.425. The van der Waals surface area contributed by atoms with Crippen LogP contribution in [0.2, 0.25) is 0 Å². The van der Waals surface area contributed by atoms with Gasteiger partial charge in [0.15, 0.2) is 0 Å². The van der Waals surface area contributed by atoms with Crippen molar-refractivity contribution in [1.29, 1.82) is 0 Å². The molecule has 1 atom stereocenters. The third kappa shape index (κ3) is 9.13. The molecule has 0 aliphatic carbocycles. The van der Waals surface area contributed by atoms with E-state index in [-0.39, 0.29) is 17.5 Å². The van der Waals surface area contributed by atoms with Crippen LogP contribution in [0.1, 0.15) is 23.1 Å². The fraction of sp³-hybridized carbons (Fsp3) is 0.208. The zero-order valence-corrected chi connectivity index (χ0v) is 18.2. The highest BCUT2D eigenvalue weighted by molar-refractivity contribution is 7.85. The monoisotopic (exact) mass is 441 g/mol. The van der Waals surface area contributed by atoms with E-state index in [4.69, 9.17) is 15.0 Å². The summed E-state index contributed by atoms with van der Waals surface area (Å²) in [5.74, 6) is -0.343. The van der Waals surface area contributed by atoms with Crippen LogP contribution >= 0.6 is 0 Å². The van der Waals surface area contributed by atoms with Crippen molar-refractivity contribution >= 4 is 16.1 Å². The molecule has 3 aromatic rings. The van der Waals surface area contributed by atoms with Crippen LogP contribution < -0.4 is 5.73 Å². The van der Waals surface area contributed by atoms with Gasteiger partial charge in [-0.3, -0.25) is 9.35 Å². The van der Waals surface area contributed by atoms with Gasteiger partial charge in [-0.25, -0.2) is 0 Å². The Morgan fingerprint density at radius 3 is 1.94 bits per heavy atom. The minimum absolute atomic E-state index is 0.0666. The molecule has 0 aliphatic rings. The fourth-order valence-electron chi connectivity index (χ4n) is 2.63. The van der Waals surface area contributed by atoms with E-state index in [0.717, 1.165) is 17.5 Å². The number of nitrogens with two attached hydrogens (primary N) is 1. The van der Waals surface area contributed by atoms with Crippen LogP contribution in [0.3, 0.4) is 0 Å². The Morgan fingerprint density at radius 1 is 0.903 bits per heavy atom. The van der Waals surface area contributed by atoms with Gasteiger partial charge in [0.1, 0.15) is 12.6 Å². The third-order valence-corrected chi connectivity index (χ3v) is 5.30. The molecule has 31 heavy (non-hydrogen) atoms. The Balaban J connectivity index is 0.000000262. The van der Waals surface area contributed by atoms with Crippen molar-refractivity contribution in [3.05, 3.63) is 102 Å². The van der Waals surface area contributed by atoms with Gasteiger partial charge < -0.3 is 10.5 Å². The predicted molar refractivity (Wildman–Crippen MR) is 120 cm³/mol. The highest BCUT2D eigenvalue weighted by Crippen LogP contribution is 2.09. The van der Waals surface area contributed by atoms with Crippen molar-refractivity contribution in [3.63, 3.8) is 0 Å². The van der Waals surface area contributed by atoms with Gasteiger partial charge >= 0.3 is 5.97 Å². The SMILES string of the molecule is Cc1ccc(S(=O)(=O)O)cc1.N[C@H](CCc1ccccc1)C(=O)OCc1ccccc1. The number of aryl methyl sites for hydroxylation is 2. The maximum absolute atomic E-state index is 11.8. The van der Waals surface area contributed by atoms with Crippen molar-refractivity contribution in [2.75, 3.05) is 0 Å². The molecule has 7 heteroatoms. The molecule has 3 N–H and O–H groups in total. The molecule has 0 saturated carbocycles. The standard InChI is InChI=1S/C17H19NO2.C7H8O3S/c18-16(12-11-14-7-3-1-4-8-14)17(19)20-13-15-9-5-2-6-10-15;1-6-2-4-7(5-3-6)11(8,9)10/h1-10,16H,11-13,18H2;2-5H,1H3,(H,8,9,10)/t16-;/m1./s1. The summed E-state index contributed by atoms with van der Waals surface area (Å²) < 4.78 is 34.8. The zero-order chi connectivity index (χ0) is 22.7. The largest absolute Gasteiger partial charge is 0.460 e. The summed E-state index contributed by atoms with van der Waals surface area (Å²) in [5.41, 5.74) is 8.96. The smallest absolute Gasteiger partial charge is 0.323 e. The van der Waals surface area contributed by atoms with Crippen LogP contribution in [0.25, 0.3) is 0 Å². The van der Waals surface area contributed by atoms with Crippen LogP contribution in [0.15, 0.2) is 89.8 Å². The number of rotatable bonds is 7. The molecule has 0 radical (unpaired) electrons. The molecule has 0 saturated heterocycles. The lowest BCUT2D eigenvalue weighted by Crippen LogP contribution is -2.32. The van der Waals surface area contributed by atoms with Gasteiger partial charge in [-0.15, -0.1) is 0 Å². The van der Waals surface area contributed by atoms with E-state index >= 15 is 0 Å². The Hall–Kier alpha value is -3.00. The van der Waals surface area contributed by atoms with Gasteiger partial charge in [-0.1, -0.05) is 78.4 Å². The van der Waals surface area contributed by atoms with E-state index in [1.54, 1.807) is 12.1 Å². The summed E-state index contributed by atoms with van der Waals surface area (Å²) in [5, 5.41) is 0. The van der Waals surface area contributed by atoms with Gasteiger partial charge in [0, 0.05) is 0 Å². The minimum Gasteiger partial charge on any atom is -0.460 e. The lowest BCUT2D eigenvalue weighted by Gasteiger charge is -2.11. The molecule has 0 aromatic heterocycles. The maximum atomic E-state index is 11.8. The third-order valence-electron chi connectivity index (χ3n) is 4.43. The summed E-state index contributed by atoms with van der Waals surface area (Å²) in [7, 11) is -4.02. The first-order valence-electron chi connectivity index (χ1n) is 9.80. The van der Waals surface area contributed by atoms with E-state index in [9.17, 15) is 13.2 Å². The van der Waals surface area contributed by atoms with Gasteiger partial charge in [-0.05, 0) is 43.0 Å². The fourth-order valence-corrected chi connectivity index (χ4v) is 3.11. The number of benzene rings is 3. The Bertz CT molecular complexity index is 1040. The molecule has 0 aliphatic heterocycles. The van der Waals surface area contributed by atoms with Crippen molar-refractivity contribution < 1.29 is 22.5 Å². The maximum Gasteiger partial charge on any atom is 0.323 e. The second kappa shape index (κ2) is 12.0. The molecule has 0 heterocycles. The molecule has 3 rings (SSSR count). The summed E-state index contributed by atoms with van der Waals surface area (Å²) in [4.78, 5) is 11.7. The Kier molecular flexibility index (Phi) is 9.40. The van der Waals surface area contributed by atoms with Gasteiger partial charge in [0.25, 0.3) is 10.1 Å². The van der Waals surface area contributed by atoms with Crippen LogP contribution in [0.4, 0.5) is 0 Å². The van der Waals surface area contributed by atoms with Crippen molar-refractivity contribution in [2.24, 2.45) is 5.73 Å². The highest BCUT2D eigenvalue weighted by atomic mass is 32.2.